The van der Waals surface area contributed by atoms with Gasteiger partial charge in [0.05, 0.1) is 0 Å². The normalized spacial score (nSPS) is 11.0. The van der Waals surface area contributed by atoms with Crippen molar-refractivity contribution in [3.05, 3.63) is 70.8 Å². The standard InChI is InChI=1S/C18H17NO4/c1-13(21)23-18(19-22-2)17-10-6-5-8-15(17)11-14-7-3-4-9-16(14)12-20/h3-10,12H,11H2,1-2H3. The Morgan fingerprint density at radius 2 is 1.74 bits per heavy atom. The van der Waals surface area contributed by atoms with Gasteiger partial charge in [-0.15, -0.1) is 0 Å². The second kappa shape index (κ2) is 7.89. The first-order chi connectivity index (χ1) is 11.2. The predicted molar refractivity (Wildman–Crippen MR) is 86.4 cm³/mol. The van der Waals surface area contributed by atoms with E-state index in [1.54, 1.807) is 12.1 Å². The quantitative estimate of drug-likeness (QED) is 0.280. The molecule has 0 fully saturated rings. The van der Waals surface area contributed by atoms with E-state index in [4.69, 9.17) is 9.57 Å². The fourth-order valence-electron chi connectivity index (χ4n) is 2.24. The van der Waals surface area contributed by atoms with Crippen molar-refractivity contribution < 1.29 is 19.2 Å². The number of esters is 1. The first kappa shape index (κ1) is 16.4. The van der Waals surface area contributed by atoms with Crippen LogP contribution in [-0.2, 0) is 20.8 Å². The topological polar surface area (TPSA) is 65.0 Å². The zero-order valence-corrected chi connectivity index (χ0v) is 13.0. The predicted octanol–water partition coefficient (Wildman–Crippen LogP) is 2.96. The molecule has 0 radical (unpaired) electrons. The van der Waals surface area contributed by atoms with Crippen LogP contribution in [0.25, 0.3) is 0 Å². The number of aldehydes is 1. The Labute approximate surface area is 134 Å². The highest BCUT2D eigenvalue weighted by Gasteiger charge is 2.15. The molecule has 23 heavy (non-hydrogen) atoms. The van der Waals surface area contributed by atoms with Crippen LogP contribution in [0.5, 0.6) is 0 Å². The van der Waals surface area contributed by atoms with Crippen molar-refractivity contribution in [2.24, 2.45) is 5.16 Å². The van der Waals surface area contributed by atoms with Crippen molar-refractivity contribution in [2.45, 2.75) is 13.3 Å². The van der Waals surface area contributed by atoms with Gasteiger partial charge in [0.1, 0.15) is 13.4 Å². The molecule has 0 aliphatic carbocycles. The Morgan fingerprint density at radius 3 is 2.39 bits per heavy atom. The van der Waals surface area contributed by atoms with E-state index in [-0.39, 0.29) is 5.90 Å². The third-order valence-electron chi connectivity index (χ3n) is 3.23. The number of carbonyl (C=O) groups is 2. The van der Waals surface area contributed by atoms with E-state index in [0.29, 0.717) is 17.5 Å². The van der Waals surface area contributed by atoms with Gasteiger partial charge >= 0.3 is 5.97 Å². The van der Waals surface area contributed by atoms with Crippen molar-refractivity contribution in [3.8, 4) is 0 Å². The molecule has 0 amide bonds. The maximum atomic E-state index is 11.3. The fraction of sp³-hybridized carbons (Fsp3) is 0.167. The van der Waals surface area contributed by atoms with Gasteiger partial charge in [-0.25, -0.2) is 0 Å². The van der Waals surface area contributed by atoms with Crippen LogP contribution < -0.4 is 0 Å². The third kappa shape index (κ3) is 4.26. The number of hydrogen-bond acceptors (Lipinski definition) is 5. The summed E-state index contributed by atoms with van der Waals surface area (Å²) in [6, 6.07) is 14.7. The van der Waals surface area contributed by atoms with Crippen molar-refractivity contribution in [1.29, 1.82) is 0 Å². The van der Waals surface area contributed by atoms with Gasteiger partial charge in [0.15, 0.2) is 0 Å². The van der Waals surface area contributed by atoms with E-state index < -0.39 is 5.97 Å². The summed E-state index contributed by atoms with van der Waals surface area (Å²) in [5, 5.41) is 3.78. The molecule has 2 aromatic carbocycles. The average molecular weight is 311 g/mol. The highest BCUT2D eigenvalue weighted by molar-refractivity contribution is 6.01. The minimum atomic E-state index is -0.483. The van der Waals surface area contributed by atoms with E-state index in [1.165, 1.54) is 14.0 Å². The van der Waals surface area contributed by atoms with E-state index in [1.807, 2.05) is 36.4 Å². The number of hydrogen-bond donors (Lipinski definition) is 0. The molecule has 0 saturated heterocycles. The van der Waals surface area contributed by atoms with E-state index in [0.717, 1.165) is 17.4 Å². The molecule has 5 heteroatoms. The SMILES string of the molecule is CON=C(OC(C)=O)c1ccccc1Cc1ccccc1C=O. The number of carbonyl (C=O) groups excluding carboxylic acids is 2. The molecule has 2 aromatic rings. The summed E-state index contributed by atoms with van der Waals surface area (Å²) in [5.41, 5.74) is 3.03. The van der Waals surface area contributed by atoms with Crippen LogP contribution in [0.2, 0.25) is 0 Å². The molecule has 0 heterocycles. The van der Waals surface area contributed by atoms with E-state index in [2.05, 4.69) is 5.16 Å². The fourth-order valence-corrected chi connectivity index (χ4v) is 2.24. The summed E-state index contributed by atoms with van der Waals surface area (Å²) in [4.78, 5) is 27.2. The molecule has 0 saturated carbocycles. The summed E-state index contributed by atoms with van der Waals surface area (Å²) in [5.74, 6) is -0.386. The molecular weight excluding hydrogens is 294 g/mol. The molecule has 2 rings (SSSR count). The van der Waals surface area contributed by atoms with Crippen LogP contribution in [0.4, 0.5) is 0 Å². The monoisotopic (exact) mass is 311 g/mol. The maximum Gasteiger partial charge on any atom is 0.309 e. The highest BCUT2D eigenvalue weighted by atomic mass is 16.6. The van der Waals surface area contributed by atoms with E-state index in [9.17, 15) is 9.59 Å². The minimum absolute atomic E-state index is 0.0965. The van der Waals surface area contributed by atoms with Crippen molar-refractivity contribution in [2.75, 3.05) is 7.11 Å². The van der Waals surface area contributed by atoms with Crippen molar-refractivity contribution >= 4 is 18.2 Å². The first-order valence-electron chi connectivity index (χ1n) is 7.06. The summed E-state index contributed by atoms with van der Waals surface area (Å²) < 4.78 is 5.13. The average Bonchev–Trinajstić information content (AvgIpc) is 2.55. The van der Waals surface area contributed by atoms with Crippen LogP contribution in [-0.4, -0.2) is 25.3 Å². The molecule has 0 atom stereocenters. The van der Waals surface area contributed by atoms with Gasteiger partial charge in [-0.1, -0.05) is 42.5 Å². The van der Waals surface area contributed by atoms with Gasteiger partial charge < -0.3 is 9.57 Å². The van der Waals surface area contributed by atoms with Gasteiger partial charge in [0.25, 0.3) is 5.90 Å². The van der Waals surface area contributed by atoms with Gasteiger partial charge in [0.2, 0.25) is 0 Å². The largest absolute Gasteiger partial charge is 0.404 e. The lowest BCUT2D eigenvalue weighted by Gasteiger charge is -2.12. The number of nitrogens with zero attached hydrogens (tertiary/aromatic N) is 1. The van der Waals surface area contributed by atoms with Crippen LogP contribution in [0.1, 0.15) is 34.0 Å². The second-order valence-corrected chi connectivity index (χ2v) is 4.82. The lowest BCUT2D eigenvalue weighted by Crippen LogP contribution is -2.14. The Bertz CT molecular complexity index is 737. The molecule has 0 aliphatic rings. The molecule has 0 N–H and O–H groups in total. The highest BCUT2D eigenvalue weighted by Crippen LogP contribution is 2.18. The molecule has 118 valence electrons. The number of rotatable bonds is 5. The molecule has 0 bridgehead atoms. The molecule has 0 unspecified atom stereocenters. The first-order valence-corrected chi connectivity index (χ1v) is 7.06. The van der Waals surface area contributed by atoms with Crippen LogP contribution in [0.15, 0.2) is 53.7 Å². The maximum absolute atomic E-state index is 11.3. The van der Waals surface area contributed by atoms with Crippen LogP contribution >= 0.6 is 0 Å². The lowest BCUT2D eigenvalue weighted by atomic mass is 9.97. The Morgan fingerprint density at radius 1 is 1.09 bits per heavy atom. The molecule has 0 aliphatic heterocycles. The summed E-state index contributed by atoms with van der Waals surface area (Å²) in [7, 11) is 1.38. The van der Waals surface area contributed by atoms with Gasteiger partial charge in [-0.2, -0.15) is 0 Å². The number of oxime groups is 1. The van der Waals surface area contributed by atoms with Crippen LogP contribution in [0, 0.1) is 0 Å². The Hall–Kier alpha value is -2.95. The minimum Gasteiger partial charge on any atom is -0.404 e. The Kier molecular flexibility index (Phi) is 5.63. The smallest absolute Gasteiger partial charge is 0.309 e. The summed E-state index contributed by atoms with van der Waals surface area (Å²) in [6.07, 6.45) is 1.34. The van der Waals surface area contributed by atoms with Crippen molar-refractivity contribution in [1.82, 2.24) is 0 Å². The zero-order valence-electron chi connectivity index (χ0n) is 13.0. The van der Waals surface area contributed by atoms with Gasteiger partial charge in [-0.3, -0.25) is 9.59 Å². The molecule has 0 spiro atoms. The van der Waals surface area contributed by atoms with E-state index >= 15 is 0 Å². The third-order valence-corrected chi connectivity index (χ3v) is 3.23. The Balaban J connectivity index is 2.42. The molecule has 0 aromatic heterocycles. The second-order valence-electron chi connectivity index (χ2n) is 4.82. The summed E-state index contributed by atoms with van der Waals surface area (Å²) in [6.45, 7) is 1.30. The summed E-state index contributed by atoms with van der Waals surface area (Å²) >= 11 is 0. The molecule has 5 nitrogen and oxygen atoms in total. The van der Waals surface area contributed by atoms with Gasteiger partial charge in [0, 0.05) is 18.1 Å². The van der Waals surface area contributed by atoms with Crippen LogP contribution in [0.3, 0.4) is 0 Å². The lowest BCUT2D eigenvalue weighted by molar-refractivity contribution is -0.133. The molecular formula is C18H17NO4. The number of benzene rings is 2. The van der Waals surface area contributed by atoms with Gasteiger partial charge in [-0.05, 0) is 28.8 Å². The zero-order chi connectivity index (χ0) is 16.7. The van der Waals surface area contributed by atoms with Crippen molar-refractivity contribution in [3.63, 3.8) is 0 Å². The number of ether oxygens (including phenoxy) is 1.